The lowest BCUT2D eigenvalue weighted by atomic mass is 9.86. The summed E-state index contributed by atoms with van der Waals surface area (Å²) in [5, 5.41) is 28.0. The molecule has 0 atom stereocenters. The molecule has 0 bridgehead atoms. The fourth-order valence-corrected chi connectivity index (χ4v) is 9.83. The van der Waals surface area contributed by atoms with Crippen LogP contribution in [0.4, 0.5) is 24.5 Å². The number of alkyl halides is 3. The molecule has 0 aliphatic heterocycles. The average molecular weight is 1010 g/mol. The molecule has 0 spiro atoms. The van der Waals surface area contributed by atoms with Gasteiger partial charge in [-0.1, -0.05) is 68.5 Å². The van der Waals surface area contributed by atoms with Gasteiger partial charge in [0.25, 0.3) is 17.4 Å². The lowest BCUT2D eigenvalue weighted by Crippen LogP contribution is -2.28. The Morgan fingerprint density at radius 2 is 1.54 bits per heavy atom. The van der Waals surface area contributed by atoms with Gasteiger partial charge in [0.05, 0.1) is 30.0 Å². The molecule has 388 valence electrons. The van der Waals surface area contributed by atoms with Crippen LogP contribution in [0.3, 0.4) is 0 Å². The first-order valence-electron chi connectivity index (χ1n) is 25.4. The summed E-state index contributed by atoms with van der Waals surface area (Å²) < 4.78 is 47.7. The number of carbonyl (C=O) groups is 3. The van der Waals surface area contributed by atoms with Gasteiger partial charge in [-0.05, 0) is 137 Å². The molecule has 2 amide bonds. The molecule has 8 rings (SSSR count). The molecule has 4 N–H and O–H groups in total. The third-order valence-electron chi connectivity index (χ3n) is 13.9. The Morgan fingerprint density at radius 1 is 0.797 bits per heavy atom. The van der Waals surface area contributed by atoms with Gasteiger partial charge in [-0.3, -0.25) is 28.8 Å². The number of hydrogen-bond acceptors (Lipinski definition) is 10. The molecular weight excluding hydrogens is 950 g/mol. The number of nitrogens with zero attached hydrogens (tertiary/aromatic N) is 5. The molecule has 0 radical (unpaired) electrons. The number of esters is 1. The molecule has 7 aromatic rings. The number of nitrogens with one attached hydrogen (secondary N) is 3. The fraction of sp³-hybridized carbons (Fsp3) is 0.386. The summed E-state index contributed by atoms with van der Waals surface area (Å²) in [6.45, 7) is 4.89. The number of fused-ring (bicyclic) bond motifs is 2. The van der Waals surface area contributed by atoms with E-state index in [-0.39, 0.29) is 35.4 Å². The summed E-state index contributed by atoms with van der Waals surface area (Å²) in [6, 6.07) is 23.3. The molecule has 0 unspecified atom stereocenters. The van der Waals surface area contributed by atoms with Crippen LogP contribution >= 0.6 is 0 Å². The molecule has 3 aromatic carbocycles. The number of anilines is 2. The van der Waals surface area contributed by atoms with E-state index >= 15 is 0 Å². The van der Waals surface area contributed by atoms with E-state index < -0.39 is 29.3 Å². The zero-order chi connectivity index (χ0) is 52.4. The number of pyridine rings is 3. The minimum atomic E-state index is -4.69. The van der Waals surface area contributed by atoms with E-state index in [9.17, 15) is 37.5 Å². The fourth-order valence-electron chi connectivity index (χ4n) is 9.83. The number of aliphatic hydroxyl groups is 1. The van der Waals surface area contributed by atoms with E-state index in [0.717, 1.165) is 104 Å². The van der Waals surface area contributed by atoms with E-state index in [2.05, 4.69) is 48.9 Å². The number of carbonyl (C=O) groups excluding carboxylic acids is 3. The monoisotopic (exact) mass is 1010 g/mol. The van der Waals surface area contributed by atoms with Crippen molar-refractivity contribution in [1.29, 1.82) is 0 Å². The van der Waals surface area contributed by atoms with Crippen LogP contribution in [-0.2, 0) is 34.3 Å². The quantitative estimate of drug-likeness (QED) is 0.0399. The Balaban J connectivity index is 0.732. The van der Waals surface area contributed by atoms with Crippen LogP contribution < -0.4 is 21.5 Å². The molecule has 17 heteroatoms. The largest absolute Gasteiger partial charge is 0.468 e. The van der Waals surface area contributed by atoms with E-state index in [1.807, 2.05) is 41.5 Å². The van der Waals surface area contributed by atoms with Crippen molar-refractivity contribution in [2.45, 2.75) is 115 Å². The van der Waals surface area contributed by atoms with Crippen molar-refractivity contribution < 1.29 is 37.4 Å². The van der Waals surface area contributed by atoms with Crippen LogP contribution in [-0.4, -0.2) is 67.4 Å². The van der Waals surface area contributed by atoms with E-state index in [1.165, 1.54) is 67.3 Å². The summed E-state index contributed by atoms with van der Waals surface area (Å²) in [4.78, 5) is 58.5. The molecule has 14 nitrogen and oxygen atoms in total. The second-order valence-electron chi connectivity index (χ2n) is 19.8. The first-order valence-corrected chi connectivity index (χ1v) is 25.4. The maximum Gasteiger partial charge on any atom is 0.433 e. The highest BCUT2D eigenvalue weighted by Crippen LogP contribution is 2.37. The first kappa shape index (κ1) is 53.1. The molecular formula is C57H63F3N8O6. The zero-order valence-corrected chi connectivity index (χ0v) is 42.0. The second kappa shape index (κ2) is 23.7. The number of unbranched alkanes of at least 4 members (excludes halogenated alkanes) is 6. The van der Waals surface area contributed by atoms with Gasteiger partial charge in [-0.2, -0.15) is 18.3 Å². The topological polar surface area (TPSA) is 182 Å². The Labute approximate surface area is 427 Å². The van der Waals surface area contributed by atoms with Gasteiger partial charge in [-0.15, -0.1) is 0 Å². The number of rotatable bonds is 21. The number of ether oxygens (including phenoxy) is 1. The standard InChI is InChI=1S/C57H63F3N8O6/c1-56(2,73)47-30-49-41(29-50(47)65-55(72)48-19-13-20-51(64-48)57(58,59)60)34-68(66-49)43-24-21-37(22-25-43)31-61-27-10-8-6-4-5-7-9-14-38-15-12-18-44-45(38)32-62-33-46(44)39-16-11-17-40(28-39)54(71)63-42-23-26-52(69)67(35-42)36-53(70)74-3/h11-13,15-20,23,26,28-30,32-35,37,43,61,73H,4-10,14,21-22,24-25,27,31,36H2,1-3H3,(H,63,71)(H,65,72). The van der Waals surface area contributed by atoms with Crippen LogP contribution in [0.25, 0.3) is 32.8 Å². The van der Waals surface area contributed by atoms with Crippen molar-refractivity contribution in [3.63, 3.8) is 0 Å². The molecule has 1 fully saturated rings. The van der Waals surface area contributed by atoms with Crippen molar-refractivity contribution in [2.24, 2.45) is 5.92 Å². The molecule has 1 aliphatic rings. The van der Waals surface area contributed by atoms with Crippen molar-refractivity contribution in [3.8, 4) is 11.1 Å². The zero-order valence-electron chi connectivity index (χ0n) is 42.0. The maximum atomic E-state index is 13.3. The van der Waals surface area contributed by atoms with Crippen LogP contribution in [0.15, 0.2) is 115 Å². The summed E-state index contributed by atoms with van der Waals surface area (Å²) in [7, 11) is 1.25. The SMILES string of the molecule is COC(=O)Cn1cc(NC(=O)c2cccc(-c3cncc4c(CCCCCCCCCNCC5CCC(n6cc7cc(NC(=O)c8cccc(C(F)(F)F)n8)c(C(C)(C)O)cc7n6)CC5)cccc34)c2)ccc1=O. The smallest absolute Gasteiger partial charge is 0.433 e. The highest BCUT2D eigenvalue weighted by atomic mass is 19.4. The van der Waals surface area contributed by atoms with Gasteiger partial charge < -0.3 is 30.4 Å². The molecule has 4 heterocycles. The van der Waals surface area contributed by atoms with Gasteiger partial charge in [0.2, 0.25) is 0 Å². The summed E-state index contributed by atoms with van der Waals surface area (Å²) >= 11 is 0. The second-order valence-corrected chi connectivity index (χ2v) is 19.8. The Hall–Kier alpha value is -7.24. The van der Waals surface area contributed by atoms with Gasteiger partial charge >= 0.3 is 12.1 Å². The molecule has 4 aromatic heterocycles. The van der Waals surface area contributed by atoms with E-state index in [4.69, 9.17) is 5.10 Å². The number of benzene rings is 3. The van der Waals surface area contributed by atoms with Crippen LogP contribution in [0.1, 0.15) is 128 Å². The number of aryl methyl sites for hydroxylation is 1. The minimum Gasteiger partial charge on any atom is -0.468 e. The predicted molar refractivity (Wildman–Crippen MR) is 280 cm³/mol. The first-order chi connectivity index (χ1) is 35.5. The normalized spacial score (nSPS) is 15.1. The summed E-state index contributed by atoms with van der Waals surface area (Å²) in [6.07, 6.45) is 15.7. The van der Waals surface area contributed by atoms with Gasteiger partial charge in [0.1, 0.15) is 17.9 Å². The van der Waals surface area contributed by atoms with E-state index in [0.29, 0.717) is 28.2 Å². The van der Waals surface area contributed by atoms with Crippen molar-refractivity contribution >= 4 is 50.8 Å². The number of methoxy groups -OCH3 is 1. The number of amides is 2. The Kier molecular flexibility index (Phi) is 17.0. The summed E-state index contributed by atoms with van der Waals surface area (Å²) in [5.41, 5.74) is 1.90. The molecule has 0 saturated heterocycles. The lowest BCUT2D eigenvalue weighted by Gasteiger charge is -2.28. The third-order valence-corrected chi connectivity index (χ3v) is 13.9. The number of aromatic nitrogens is 5. The molecule has 1 saturated carbocycles. The predicted octanol–water partition coefficient (Wildman–Crippen LogP) is 11.0. The van der Waals surface area contributed by atoms with Crippen LogP contribution in [0, 0.1) is 5.92 Å². The highest BCUT2D eigenvalue weighted by molar-refractivity contribution is 6.06. The number of hydrogen-bond donors (Lipinski definition) is 4. The average Bonchev–Trinajstić information content (AvgIpc) is 3.81. The highest BCUT2D eigenvalue weighted by Gasteiger charge is 2.33. The lowest BCUT2D eigenvalue weighted by molar-refractivity contribution is -0.142. The Morgan fingerprint density at radius 3 is 2.30 bits per heavy atom. The summed E-state index contributed by atoms with van der Waals surface area (Å²) in [5.74, 6) is -1.15. The van der Waals surface area contributed by atoms with Crippen molar-refractivity contribution in [3.05, 3.63) is 148 Å². The van der Waals surface area contributed by atoms with E-state index in [1.54, 1.807) is 32.0 Å². The molecule has 74 heavy (non-hydrogen) atoms. The third kappa shape index (κ3) is 13.5. The van der Waals surface area contributed by atoms with Crippen molar-refractivity contribution in [1.82, 2.24) is 29.6 Å². The van der Waals surface area contributed by atoms with Gasteiger partial charge in [0, 0.05) is 64.0 Å². The van der Waals surface area contributed by atoms with Gasteiger partial charge in [0.15, 0.2) is 0 Å². The number of halogens is 3. The van der Waals surface area contributed by atoms with Crippen LogP contribution in [0.5, 0.6) is 0 Å². The van der Waals surface area contributed by atoms with Crippen molar-refractivity contribution in [2.75, 3.05) is 30.8 Å². The maximum absolute atomic E-state index is 13.3. The Bertz CT molecular complexity index is 3170. The molecule has 1 aliphatic carbocycles. The minimum absolute atomic E-state index is 0.210. The van der Waals surface area contributed by atoms with Crippen LogP contribution in [0.2, 0.25) is 0 Å². The van der Waals surface area contributed by atoms with Gasteiger partial charge in [-0.25, -0.2) is 4.98 Å².